The van der Waals surface area contributed by atoms with Crippen LogP contribution in [0.5, 0.6) is 11.5 Å². The Hall–Kier alpha value is -3.31. The number of nitrogens with one attached hydrogen (secondary N) is 2. The van der Waals surface area contributed by atoms with Crippen molar-refractivity contribution in [3.8, 4) is 11.5 Å². The minimum Gasteiger partial charge on any atom is -0.493 e. The van der Waals surface area contributed by atoms with E-state index in [1.807, 2.05) is 55.5 Å². The molecule has 1 atom stereocenters. The van der Waals surface area contributed by atoms with Crippen molar-refractivity contribution in [3.05, 3.63) is 89.5 Å². The first kappa shape index (κ1) is 23.4. The average Bonchev–Trinajstić information content (AvgIpc) is 2.82. The third-order valence-electron chi connectivity index (χ3n) is 5.28. The Morgan fingerprint density at radius 3 is 2.41 bits per heavy atom. The summed E-state index contributed by atoms with van der Waals surface area (Å²) in [6.07, 6.45) is 2.11. The van der Waals surface area contributed by atoms with E-state index in [1.165, 1.54) is 5.56 Å². The maximum atomic E-state index is 12.4. The lowest BCUT2D eigenvalue weighted by Gasteiger charge is -2.21. The van der Waals surface area contributed by atoms with Gasteiger partial charge in [-0.15, -0.1) is 0 Å². The zero-order valence-electron chi connectivity index (χ0n) is 19.1. The molecule has 0 saturated carbocycles. The van der Waals surface area contributed by atoms with E-state index in [-0.39, 0.29) is 18.6 Å². The first-order valence-corrected chi connectivity index (χ1v) is 11.0. The van der Waals surface area contributed by atoms with Crippen molar-refractivity contribution in [3.63, 3.8) is 0 Å². The number of hydrogen-bond acceptors (Lipinski definition) is 4. The van der Waals surface area contributed by atoms with Crippen molar-refractivity contribution in [2.75, 3.05) is 19.0 Å². The second-order valence-electron chi connectivity index (χ2n) is 7.78. The molecule has 0 aliphatic rings. The maximum Gasteiger partial charge on any atom is 0.262 e. The third kappa shape index (κ3) is 6.59. The predicted octanol–water partition coefficient (Wildman–Crippen LogP) is 5.65. The number of ether oxygens (including phenoxy) is 2. The molecule has 0 spiro atoms. The maximum absolute atomic E-state index is 12.4. The standard InChI is InChI=1S/C27H32N2O3/c1-4-9-24(21-10-6-5-7-11-21)28-18-22-12-8-13-25(31-3)27(22)32-19-26(30)29-23-16-14-20(2)15-17-23/h5-8,10-17,24,28H,4,9,18-19H2,1-3H3,(H,29,30). The Bertz CT molecular complexity index is 988. The fourth-order valence-electron chi connectivity index (χ4n) is 3.59. The van der Waals surface area contributed by atoms with Crippen LogP contribution in [0, 0.1) is 6.92 Å². The minimum atomic E-state index is -0.216. The number of rotatable bonds is 11. The van der Waals surface area contributed by atoms with Gasteiger partial charge in [0.15, 0.2) is 18.1 Å². The van der Waals surface area contributed by atoms with Gasteiger partial charge in [0.25, 0.3) is 5.91 Å². The summed E-state index contributed by atoms with van der Waals surface area (Å²) in [5.41, 5.74) is 4.10. The minimum absolute atomic E-state index is 0.0989. The normalized spacial score (nSPS) is 11.6. The van der Waals surface area contributed by atoms with Crippen molar-refractivity contribution in [2.45, 2.75) is 39.3 Å². The van der Waals surface area contributed by atoms with Gasteiger partial charge in [0.2, 0.25) is 0 Å². The van der Waals surface area contributed by atoms with Gasteiger partial charge in [0.1, 0.15) is 0 Å². The second kappa shape index (κ2) is 11.9. The predicted molar refractivity (Wildman–Crippen MR) is 129 cm³/mol. The van der Waals surface area contributed by atoms with E-state index in [9.17, 15) is 4.79 Å². The largest absolute Gasteiger partial charge is 0.493 e. The van der Waals surface area contributed by atoms with Gasteiger partial charge >= 0.3 is 0 Å². The lowest BCUT2D eigenvalue weighted by atomic mass is 10.0. The van der Waals surface area contributed by atoms with Crippen LogP contribution in [0.2, 0.25) is 0 Å². The van der Waals surface area contributed by atoms with Gasteiger partial charge in [0.05, 0.1) is 7.11 Å². The number of anilines is 1. The van der Waals surface area contributed by atoms with Gasteiger partial charge in [-0.2, -0.15) is 0 Å². The Labute approximate surface area is 190 Å². The molecule has 32 heavy (non-hydrogen) atoms. The highest BCUT2D eigenvalue weighted by Crippen LogP contribution is 2.32. The molecule has 0 bridgehead atoms. The zero-order valence-corrected chi connectivity index (χ0v) is 19.1. The van der Waals surface area contributed by atoms with Crippen molar-refractivity contribution in [2.24, 2.45) is 0 Å². The number of carbonyl (C=O) groups is 1. The van der Waals surface area contributed by atoms with E-state index in [4.69, 9.17) is 9.47 Å². The third-order valence-corrected chi connectivity index (χ3v) is 5.28. The molecule has 0 aromatic heterocycles. The number of aryl methyl sites for hydroxylation is 1. The van der Waals surface area contributed by atoms with E-state index in [0.717, 1.165) is 29.7 Å². The van der Waals surface area contributed by atoms with Crippen molar-refractivity contribution < 1.29 is 14.3 Å². The Morgan fingerprint density at radius 1 is 0.969 bits per heavy atom. The second-order valence-corrected chi connectivity index (χ2v) is 7.78. The summed E-state index contributed by atoms with van der Waals surface area (Å²) in [5, 5.41) is 6.51. The van der Waals surface area contributed by atoms with Crippen molar-refractivity contribution in [1.82, 2.24) is 5.32 Å². The number of benzene rings is 3. The Morgan fingerprint density at radius 2 is 1.72 bits per heavy atom. The van der Waals surface area contributed by atoms with E-state index >= 15 is 0 Å². The molecule has 0 aliphatic carbocycles. The summed E-state index contributed by atoms with van der Waals surface area (Å²) in [7, 11) is 1.61. The van der Waals surface area contributed by atoms with E-state index < -0.39 is 0 Å². The molecule has 1 unspecified atom stereocenters. The highest BCUT2D eigenvalue weighted by Gasteiger charge is 2.15. The van der Waals surface area contributed by atoms with Crippen LogP contribution in [-0.2, 0) is 11.3 Å². The molecule has 5 nitrogen and oxygen atoms in total. The lowest BCUT2D eigenvalue weighted by Crippen LogP contribution is -2.23. The number of amides is 1. The number of para-hydroxylation sites is 1. The molecule has 1 amide bonds. The molecule has 0 heterocycles. The van der Waals surface area contributed by atoms with Crippen molar-refractivity contribution >= 4 is 11.6 Å². The summed E-state index contributed by atoms with van der Waals surface area (Å²) in [4.78, 5) is 12.4. The molecule has 3 rings (SSSR count). The van der Waals surface area contributed by atoms with Crippen LogP contribution in [0.25, 0.3) is 0 Å². The average molecular weight is 433 g/mol. The van der Waals surface area contributed by atoms with E-state index in [2.05, 4.69) is 41.8 Å². The van der Waals surface area contributed by atoms with Gasteiger partial charge in [-0.3, -0.25) is 4.79 Å². The number of hydrogen-bond donors (Lipinski definition) is 2. The fraction of sp³-hybridized carbons (Fsp3) is 0.296. The zero-order chi connectivity index (χ0) is 22.8. The molecule has 3 aromatic carbocycles. The molecule has 0 radical (unpaired) electrons. The highest BCUT2D eigenvalue weighted by molar-refractivity contribution is 5.91. The summed E-state index contributed by atoms with van der Waals surface area (Å²) < 4.78 is 11.4. The Balaban J connectivity index is 1.68. The molecule has 5 heteroatoms. The number of carbonyl (C=O) groups excluding carboxylic acids is 1. The lowest BCUT2D eigenvalue weighted by molar-refractivity contribution is -0.118. The first-order valence-electron chi connectivity index (χ1n) is 11.0. The number of methoxy groups -OCH3 is 1. The van der Waals surface area contributed by atoms with Gasteiger partial charge in [-0.25, -0.2) is 0 Å². The van der Waals surface area contributed by atoms with Crippen LogP contribution in [0.4, 0.5) is 5.69 Å². The molecule has 0 aliphatic heterocycles. The molecular formula is C27H32N2O3. The SMILES string of the molecule is CCCC(NCc1cccc(OC)c1OCC(=O)Nc1ccc(C)cc1)c1ccccc1. The van der Waals surface area contributed by atoms with E-state index in [1.54, 1.807) is 7.11 Å². The smallest absolute Gasteiger partial charge is 0.262 e. The van der Waals surface area contributed by atoms with Crippen LogP contribution in [0.1, 0.15) is 42.5 Å². The molecule has 2 N–H and O–H groups in total. The molecule has 168 valence electrons. The summed E-state index contributed by atoms with van der Waals surface area (Å²) in [6, 6.07) is 24.1. The van der Waals surface area contributed by atoms with Crippen LogP contribution < -0.4 is 20.1 Å². The van der Waals surface area contributed by atoms with Crippen molar-refractivity contribution in [1.29, 1.82) is 0 Å². The van der Waals surface area contributed by atoms with Crippen LogP contribution in [-0.4, -0.2) is 19.6 Å². The Kier molecular flexibility index (Phi) is 8.70. The molecule has 0 fully saturated rings. The van der Waals surface area contributed by atoms with E-state index in [0.29, 0.717) is 18.0 Å². The summed E-state index contributed by atoms with van der Waals surface area (Å²) in [6.45, 7) is 4.70. The summed E-state index contributed by atoms with van der Waals surface area (Å²) >= 11 is 0. The highest BCUT2D eigenvalue weighted by atomic mass is 16.5. The monoisotopic (exact) mass is 432 g/mol. The van der Waals surface area contributed by atoms with Gasteiger partial charge in [-0.05, 0) is 37.1 Å². The van der Waals surface area contributed by atoms with Crippen LogP contribution >= 0.6 is 0 Å². The fourth-order valence-corrected chi connectivity index (χ4v) is 3.59. The molecule has 3 aromatic rings. The van der Waals surface area contributed by atoms with Crippen LogP contribution in [0.15, 0.2) is 72.8 Å². The van der Waals surface area contributed by atoms with Gasteiger partial charge in [0, 0.05) is 23.8 Å². The quantitative estimate of drug-likeness (QED) is 0.411. The van der Waals surface area contributed by atoms with Gasteiger partial charge in [-0.1, -0.05) is 73.5 Å². The van der Waals surface area contributed by atoms with Crippen LogP contribution in [0.3, 0.4) is 0 Å². The summed E-state index contributed by atoms with van der Waals surface area (Å²) in [5.74, 6) is 0.982. The molecule has 0 saturated heterocycles. The van der Waals surface area contributed by atoms with Gasteiger partial charge < -0.3 is 20.1 Å². The topological polar surface area (TPSA) is 59.6 Å². The molecular weight excluding hydrogens is 400 g/mol. The first-order chi connectivity index (χ1) is 15.6.